The standard InChI is InChI=1S/C18H13ClN2O3/c1-24-18(23)13-8-6-12(7-9-13)10-14(11-20)17(22)21-16-5-3-2-4-15(16)19/h2-10H,1H3,(H,21,22)/b14-10+. The van der Waals surface area contributed by atoms with E-state index >= 15 is 0 Å². The maximum Gasteiger partial charge on any atom is 0.337 e. The Kier molecular flexibility index (Phi) is 5.72. The monoisotopic (exact) mass is 340 g/mol. The van der Waals surface area contributed by atoms with Gasteiger partial charge in [0.1, 0.15) is 11.6 Å². The van der Waals surface area contributed by atoms with Gasteiger partial charge in [0.2, 0.25) is 0 Å². The molecule has 1 N–H and O–H groups in total. The van der Waals surface area contributed by atoms with Gasteiger partial charge in [-0.25, -0.2) is 4.79 Å². The fourth-order valence-corrected chi connectivity index (χ4v) is 2.08. The summed E-state index contributed by atoms with van der Waals surface area (Å²) in [6.45, 7) is 0. The van der Waals surface area contributed by atoms with Crippen molar-refractivity contribution in [2.75, 3.05) is 12.4 Å². The Balaban J connectivity index is 2.20. The van der Waals surface area contributed by atoms with Crippen LogP contribution in [0.15, 0.2) is 54.1 Å². The number of carbonyl (C=O) groups excluding carboxylic acids is 2. The van der Waals surface area contributed by atoms with E-state index in [2.05, 4.69) is 10.1 Å². The molecule has 0 heterocycles. The normalized spacial score (nSPS) is 10.6. The molecule has 0 saturated heterocycles. The van der Waals surface area contributed by atoms with E-state index < -0.39 is 11.9 Å². The van der Waals surface area contributed by atoms with Gasteiger partial charge in [0.05, 0.1) is 23.4 Å². The van der Waals surface area contributed by atoms with Crippen LogP contribution in [-0.2, 0) is 9.53 Å². The van der Waals surface area contributed by atoms with Crippen LogP contribution in [0.5, 0.6) is 0 Å². The summed E-state index contributed by atoms with van der Waals surface area (Å²) in [4.78, 5) is 23.6. The first-order valence-electron chi connectivity index (χ1n) is 6.91. The van der Waals surface area contributed by atoms with Crippen molar-refractivity contribution in [3.63, 3.8) is 0 Å². The molecule has 5 nitrogen and oxygen atoms in total. The molecule has 0 aliphatic heterocycles. The Bertz CT molecular complexity index is 836. The summed E-state index contributed by atoms with van der Waals surface area (Å²) in [6.07, 6.45) is 1.42. The number of esters is 1. The van der Waals surface area contributed by atoms with Crippen LogP contribution >= 0.6 is 11.6 Å². The van der Waals surface area contributed by atoms with Crippen molar-refractivity contribution >= 4 is 35.2 Å². The van der Waals surface area contributed by atoms with Crippen molar-refractivity contribution < 1.29 is 14.3 Å². The summed E-state index contributed by atoms with van der Waals surface area (Å²) in [5.74, 6) is -1.02. The van der Waals surface area contributed by atoms with Crippen LogP contribution in [-0.4, -0.2) is 19.0 Å². The van der Waals surface area contributed by atoms with Crippen LogP contribution in [0.4, 0.5) is 5.69 Å². The fraction of sp³-hybridized carbons (Fsp3) is 0.0556. The molecule has 0 aliphatic carbocycles. The van der Waals surface area contributed by atoms with E-state index in [1.165, 1.54) is 13.2 Å². The van der Waals surface area contributed by atoms with E-state index in [4.69, 9.17) is 11.6 Å². The molecule has 0 unspecified atom stereocenters. The Morgan fingerprint density at radius 3 is 2.42 bits per heavy atom. The van der Waals surface area contributed by atoms with Gasteiger partial charge in [-0.1, -0.05) is 35.9 Å². The van der Waals surface area contributed by atoms with Crippen molar-refractivity contribution in [2.24, 2.45) is 0 Å². The fourth-order valence-electron chi connectivity index (χ4n) is 1.90. The SMILES string of the molecule is COC(=O)c1ccc(/C=C(\C#N)C(=O)Nc2ccccc2Cl)cc1. The lowest BCUT2D eigenvalue weighted by molar-refractivity contribution is -0.112. The Morgan fingerprint density at radius 2 is 1.83 bits per heavy atom. The highest BCUT2D eigenvalue weighted by atomic mass is 35.5. The van der Waals surface area contributed by atoms with E-state index in [-0.39, 0.29) is 5.57 Å². The molecule has 2 aromatic carbocycles. The van der Waals surface area contributed by atoms with E-state index in [0.29, 0.717) is 21.8 Å². The number of rotatable bonds is 4. The first kappa shape index (κ1) is 17.3. The van der Waals surface area contributed by atoms with E-state index in [9.17, 15) is 14.9 Å². The second-order valence-corrected chi connectivity index (χ2v) is 5.12. The van der Waals surface area contributed by atoms with Gasteiger partial charge >= 0.3 is 5.97 Å². The Labute approximate surface area is 144 Å². The molecule has 0 aliphatic rings. The predicted molar refractivity (Wildman–Crippen MR) is 91.5 cm³/mol. The summed E-state index contributed by atoms with van der Waals surface area (Å²) >= 11 is 5.98. The molecule has 0 aromatic heterocycles. The number of hydrogen-bond donors (Lipinski definition) is 1. The van der Waals surface area contributed by atoms with Crippen LogP contribution in [0.1, 0.15) is 15.9 Å². The topological polar surface area (TPSA) is 79.2 Å². The van der Waals surface area contributed by atoms with Crippen molar-refractivity contribution in [1.82, 2.24) is 0 Å². The van der Waals surface area contributed by atoms with Crippen LogP contribution in [0.2, 0.25) is 5.02 Å². The third-order valence-electron chi connectivity index (χ3n) is 3.13. The smallest absolute Gasteiger partial charge is 0.337 e. The molecule has 0 bridgehead atoms. The van der Waals surface area contributed by atoms with Gasteiger partial charge in [0.15, 0.2) is 0 Å². The number of methoxy groups -OCH3 is 1. The van der Waals surface area contributed by atoms with E-state index in [1.807, 2.05) is 6.07 Å². The minimum absolute atomic E-state index is 0.0827. The minimum Gasteiger partial charge on any atom is -0.465 e. The minimum atomic E-state index is -0.567. The number of hydrogen-bond acceptors (Lipinski definition) is 4. The number of benzene rings is 2. The molecule has 0 fully saturated rings. The second kappa shape index (κ2) is 7.95. The maximum atomic E-state index is 12.2. The van der Waals surface area contributed by atoms with Crippen LogP contribution < -0.4 is 5.32 Å². The quantitative estimate of drug-likeness (QED) is 0.523. The third-order valence-corrected chi connectivity index (χ3v) is 3.46. The highest BCUT2D eigenvalue weighted by molar-refractivity contribution is 6.34. The highest BCUT2D eigenvalue weighted by Gasteiger charge is 2.11. The zero-order valence-electron chi connectivity index (χ0n) is 12.7. The third kappa shape index (κ3) is 4.22. The molecule has 0 radical (unpaired) electrons. The molecule has 6 heteroatoms. The molecule has 2 aromatic rings. The molecule has 1 amide bonds. The average molecular weight is 341 g/mol. The lowest BCUT2D eigenvalue weighted by Crippen LogP contribution is -2.13. The van der Waals surface area contributed by atoms with Gasteiger partial charge in [-0.05, 0) is 35.9 Å². The first-order valence-corrected chi connectivity index (χ1v) is 7.29. The second-order valence-electron chi connectivity index (χ2n) is 4.72. The number of carbonyl (C=O) groups is 2. The van der Waals surface area contributed by atoms with E-state index in [0.717, 1.165) is 0 Å². The number of ether oxygens (including phenoxy) is 1. The summed E-state index contributed by atoms with van der Waals surface area (Å²) < 4.78 is 4.61. The summed E-state index contributed by atoms with van der Waals surface area (Å²) in [5, 5.41) is 12.2. The van der Waals surface area contributed by atoms with Crippen LogP contribution in [0, 0.1) is 11.3 Å². The molecular weight excluding hydrogens is 328 g/mol. The zero-order chi connectivity index (χ0) is 17.5. The lowest BCUT2D eigenvalue weighted by atomic mass is 10.1. The number of anilines is 1. The zero-order valence-corrected chi connectivity index (χ0v) is 13.5. The van der Waals surface area contributed by atoms with Crippen molar-refractivity contribution in [3.8, 4) is 6.07 Å². The molecular formula is C18H13ClN2O3. The van der Waals surface area contributed by atoms with Crippen molar-refractivity contribution in [2.45, 2.75) is 0 Å². The molecule has 0 atom stereocenters. The number of amides is 1. The van der Waals surface area contributed by atoms with Gasteiger partial charge in [0, 0.05) is 0 Å². The van der Waals surface area contributed by atoms with Crippen LogP contribution in [0.25, 0.3) is 6.08 Å². The maximum absolute atomic E-state index is 12.2. The van der Waals surface area contributed by atoms with E-state index in [1.54, 1.807) is 48.5 Å². The average Bonchev–Trinajstić information content (AvgIpc) is 2.61. The number of nitrogens with zero attached hydrogens (tertiary/aromatic N) is 1. The number of nitriles is 1. The van der Waals surface area contributed by atoms with Crippen molar-refractivity contribution in [1.29, 1.82) is 5.26 Å². The van der Waals surface area contributed by atoms with Gasteiger partial charge in [-0.15, -0.1) is 0 Å². The largest absolute Gasteiger partial charge is 0.465 e. The highest BCUT2D eigenvalue weighted by Crippen LogP contribution is 2.21. The van der Waals surface area contributed by atoms with Crippen molar-refractivity contribution in [3.05, 3.63) is 70.3 Å². The Hall–Kier alpha value is -3.10. The lowest BCUT2D eigenvalue weighted by Gasteiger charge is -2.06. The van der Waals surface area contributed by atoms with Gasteiger partial charge in [-0.2, -0.15) is 5.26 Å². The number of halogens is 1. The van der Waals surface area contributed by atoms with Gasteiger partial charge < -0.3 is 10.1 Å². The molecule has 0 spiro atoms. The molecule has 120 valence electrons. The number of nitrogens with one attached hydrogen (secondary N) is 1. The molecule has 2 rings (SSSR count). The predicted octanol–water partition coefficient (Wildman–Crippen LogP) is 3.67. The summed E-state index contributed by atoms with van der Waals surface area (Å²) in [5.41, 5.74) is 1.33. The Morgan fingerprint density at radius 1 is 1.17 bits per heavy atom. The van der Waals surface area contributed by atoms with Gasteiger partial charge in [0.25, 0.3) is 5.91 Å². The molecule has 0 saturated carbocycles. The number of para-hydroxylation sites is 1. The van der Waals surface area contributed by atoms with Gasteiger partial charge in [-0.3, -0.25) is 4.79 Å². The summed E-state index contributed by atoms with van der Waals surface area (Å²) in [7, 11) is 1.29. The van der Waals surface area contributed by atoms with Crippen LogP contribution in [0.3, 0.4) is 0 Å². The molecule has 24 heavy (non-hydrogen) atoms. The summed E-state index contributed by atoms with van der Waals surface area (Å²) in [6, 6.07) is 14.9. The first-order chi connectivity index (χ1) is 11.5.